The third kappa shape index (κ3) is 7.44. The molecule has 0 saturated carbocycles. The summed E-state index contributed by atoms with van der Waals surface area (Å²) in [6, 6.07) is -0.378. The summed E-state index contributed by atoms with van der Waals surface area (Å²) in [7, 11) is 0. The Kier molecular flexibility index (Phi) is 7.89. The molecule has 0 aliphatic rings. The lowest BCUT2D eigenvalue weighted by molar-refractivity contribution is 0.0478. The third-order valence-electron chi connectivity index (χ3n) is 3.72. The molecule has 1 heterocycles. The molecule has 144 valence electrons. The molecule has 1 aromatic heterocycles. The van der Waals surface area contributed by atoms with E-state index in [4.69, 9.17) is 9.15 Å². The quantitative estimate of drug-likeness (QED) is 0.663. The molecule has 3 N–H and O–H groups in total. The predicted molar refractivity (Wildman–Crippen MR) is 96.0 cm³/mol. The predicted octanol–water partition coefficient (Wildman–Crippen LogP) is 3.00. The molecule has 0 radical (unpaired) electrons. The first kappa shape index (κ1) is 21.4. The molecule has 1 aromatic rings. The van der Waals surface area contributed by atoms with E-state index in [0.717, 1.165) is 0 Å². The number of amides is 1. The van der Waals surface area contributed by atoms with Crippen LogP contribution in [0.2, 0.25) is 0 Å². The second kappa shape index (κ2) is 9.20. The molecule has 0 unspecified atom stereocenters. The number of rotatable bonds is 8. The van der Waals surface area contributed by atoms with E-state index in [0.29, 0.717) is 24.1 Å². The number of carbonyl (C=O) groups is 1. The lowest BCUT2D eigenvalue weighted by Crippen LogP contribution is -2.37. The van der Waals surface area contributed by atoms with Crippen molar-refractivity contribution in [3.05, 3.63) is 17.8 Å². The van der Waals surface area contributed by atoms with Gasteiger partial charge in [-0.15, -0.1) is 0 Å². The van der Waals surface area contributed by atoms with E-state index >= 15 is 0 Å². The van der Waals surface area contributed by atoms with Crippen molar-refractivity contribution in [3.63, 3.8) is 0 Å². The van der Waals surface area contributed by atoms with Gasteiger partial charge in [0.25, 0.3) is 0 Å². The van der Waals surface area contributed by atoms with E-state index in [9.17, 15) is 9.90 Å². The minimum absolute atomic E-state index is 0.00525. The molecule has 0 bridgehead atoms. The van der Waals surface area contributed by atoms with Crippen LogP contribution in [0.1, 0.15) is 66.2 Å². The van der Waals surface area contributed by atoms with Gasteiger partial charge in [0.05, 0.1) is 19.3 Å². The Bertz CT molecular complexity index is 535. The second-order valence-corrected chi connectivity index (χ2v) is 7.95. The third-order valence-corrected chi connectivity index (χ3v) is 3.72. The number of alkyl carbamates (subject to hydrolysis) is 1. The molecule has 0 fully saturated rings. The number of carbonyl (C=O) groups excluding carboxylic acids is 1. The smallest absolute Gasteiger partial charge is 0.408 e. The molecular weight excluding hydrogens is 322 g/mol. The monoisotopic (exact) mass is 355 g/mol. The lowest BCUT2D eigenvalue weighted by Gasteiger charge is -2.24. The minimum Gasteiger partial charge on any atom is -0.444 e. The highest BCUT2D eigenvalue weighted by Crippen LogP contribution is 2.22. The fourth-order valence-electron chi connectivity index (χ4n) is 2.24. The summed E-state index contributed by atoms with van der Waals surface area (Å²) < 4.78 is 11.1. The van der Waals surface area contributed by atoms with Crippen molar-refractivity contribution in [2.24, 2.45) is 11.8 Å². The Morgan fingerprint density at radius 2 is 1.92 bits per heavy atom. The Morgan fingerprint density at radius 1 is 1.28 bits per heavy atom. The van der Waals surface area contributed by atoms with Crippen LogP contribution in [0.3, 0.4) is 0 Å². The summed E-state index contributed by atoms with van der Waals surface area (Å²) in [5.41, 5.74) is -0.562. The van der Waals surface area contributed by atoms with Crippen LogP contribution in [0.15, 0.2) is 10.6 Å². The van der Waals surface area contributed by atoms with E-state index in [2.05, 4.69) is 15.6 Å². The molecule has 2 atom stereocenters. The molecular formula is C18H33N3O4. The Hall–Kier alpha value is -1.60. The van der Waals surface area contributed by atoms with Crippen molar-refractivity contribution in [1.82, 2.24) is 15.6 Å². The Labute approximate surface area is 150 Å². The van der Waals surface area contributed by atoms with Crippen LogP contribution in [-0.2, 0) is 11.3 Å². The maximum absolute atomic E-state index is 12.0. The number of nitrogens with zero attached hydrogens (tertiary/aromatic N) is 1. The Balaban J connectivity index is 2.73. The summed E-state index contributed by atoms with van der Waals surface area (Å²) in [6.45, 7) is 14.0. The van der Waals surface area contributed by atoms with Gasteiger partial charge in [-0.25, -0.2) is 9.78 Å². The largest absolute Gasteiger partial charge is 0.444 e. The second-order valence-electron chi connectivity index (χ2n) is 7.95. The first-order valence-corrected chi connectivity index (χ1v) is 8.81. The van der Waals surface area contributed by atoms with Gasteiger partial charge in [0.15, 0.2) is 0 Å². The molecule has 7 heteroatoms. The van der Waals surface area contributed by atoms with Gasteiger partial charge in [-0.05, 0) is 32.6 Å². The number of nitrogens with one attached hydrogen (secondary N) is 2. The fourth-order valence-corrected chi connectivity index (χ4v) is 2.24. The van der Waals surface area contributed by atoms with Gasteiger partial charge in [0, 0.05) is 6.04 Å². The molecule has 1 amide bonds. The van der Waals surface area contributed by atoms with Gasteiger partial charge >= 0.3 is 6.09 Å². The van der Waals surface area contributed by atoms with Crippen LogP contribution in [0.5, 0.6) is 0 Å². The topological polar surface area (TPSA) is 96.6 Å². The Morgan fingerprint density at radius 3 is 2.40 bits per heavy atom. The van der Waals surface area contributed by atoms with Crippen molar-refractivity contribution >= 4 is 6.09 Å². The summed E-state index contributed by atoms with van der Waals surface area (Å²) in [6.07, 6.45) is 1.15. The van der Waals surface area contributed by atoms with Gasteiger partial charge in [0.1, 0.15) is 17.4 Å². The maximum Gasteiger partial charge on any atom is 0.408 e. The average molecular weight is 355 g/mol. The SMILES string of the molecule is CC(C)[C@H](NC(=O)OC(C)(C)C)c1ncc(CN[C@H](CO)C(C)C)o1. The van der Waals surface area contributed by atoms with Gasteiger partial charge in [-0.2, -0.15) is 0 Å². The van der Waals surface area contributed by atoms with Gasteiger partial charge < -0.3 is 24.9 Å². The zero-order chi connectivity index (χ0) is 19.2. The number of oxazole rings is 1. The zero-order valence-corrected chi connectivity index (χ0v) is 16.4. The highest BCUT2D eigenvalue weighted by atomic mass is 16.6. The molecule has 0 aliphatic carbocycles. The van der Waals surface area contributed by atoms with Crippen LogP contribution in [0.25, 0.3) is 0 Å². The molecule has 0 saturated heterocycles. The van der Waals surface area contributed by atoms with Crippen molar-refractivity contribution in [1.29, 1.82) is 0 Å². The fraction of sp³-hybridized carbons (Fsp3) is 0.778. The van der Waals surface area contributed by atoms with E-state index < -0.39 is 11.7 Å². The maximum atomic E-state index is 12.0. The van der Waals surface area contributed by atoms with Gasteiger partial charge in [-0.1, -0.05) is 27.7 Å². The molecule has 7 nitrogen and oxygen atoms in total. The summed E-state index contributed by atoms with van der Waals surface area (Å²) >= 11 is 0. The standard InChI is InChI=1S/C18H33N3O4/c1-11(2)14(10-22)19-8-13-9-20-16(24-13)15(12(3)4)21-17(23)25-18(5,6)7/h9,11-12,14-15,19,22H,8,10H2,1-7H3,(H,21,23)/t14-,15+/m1/s1. The number of aliphatic hydroxyl groups excluding tert-OH is 1. The van der Waals surface area contributed by atoms with Crippen molar-refractivity contribution in [3.8, 4) is 0 Å². The summed E-state index contributed by atoms with van der Waals surface area (Å²) in [5.74, 6) is 1.51. The highest BCUT2D eigenvalue weighted by molar-refractivity contribution is 5.68. The van der Waals surface area contributed by atoms with Crippen LogP contribution in [0, 0.1) is 11.8 Å². The molecule has 1 rings (SSSR count). The summed E-state index contributed by atoms with van der Waals surface area (Å²) in [5, 5.41) is 15.4. The highest BCUT2D eigenvalue weighted by Gasteiger charge is 2.26. The van der Waals surface area contributed by atoms with E-state index in [-0.39, 0.29) is 24.6 Å². The van der Waals surface area contributed by atoms with E-state index in [1.807, 2.05) is 48.5 Å². The number of ether oxygens (including phenoxy) is 1. The summed E-state index contributed by atoms with van der Waals surface area (Å²) in [4.78, 5) is 16.3. The van der Waals surface area contributed by atoms with E-state index in [1.165, 1.54) is 0 Å². The zero-order valence-electron chi connectivity index (χ0n) is 16.4. The average Bonchev–Trinajstić information content (AvgIpc) is 2.91. The normalized spacial score (nSPS) is 14.6. The number of hydrogen-bond donors (Lipinski definition) is 3. The molecule has 0 aliphatic heterocycles. The van der Waals surface area contributed by atoms with Gasteiger partial charge in [-0.3, -0.25) is 0 Å². The lowest BCUT2D eigenvalue weighted by atomic mass is 10.1. The van der Waals surface area contributed by atoms with Crippen LogP contribution in [-0.4, -0.2) is 34.4 Å². The van der Waals surface area contributed by atoms with Crippen molar-refractivity contribution in [2.45, 2.75) is 72.7 Å². The van der Waals surface area contributed by atoms with Crippen LogP contribution < -0.4 is 10.6 Å². The number of aromatic nitrogens is 1. The number of aliphatic hydroxyl groups is 1. The molecule has 0 spiro atoms. The molecule has 0 aromatic carbocycles. The number of hydrogen-bond acceptors (Lipinski definition) is 6. The minimum atomic E-state index is -0.562. The molecule has 25 heavy (non-hydrogen) atoms. The van der Waals surface area contributed by atoms with Crippen molar-refractivity contribution < 1.29 is 19.1 Å². The van der Waals surface area contributed by atoms with Gasteiger partial charge in [0.2, 0.25) is 5.89 Å². The van der Waals surface area contributed by atoms with Crippen molar-refractivity contribution in [2.75, 3.05) is 6.61 Å². The van der Waals surface area contributed by atoms with Crippen LogP contribution in [0.4, 0.5) is 4.79 Å². The van der Waals surface area contributed by atoms with E-state index in [1.54, 1.807) is 6.20 Å². The first-order chi connectivity index (χ1) is 11.5. The first-order valence-electron chi connectivity index (χ1n) is 8.81. The van der Waals surface area contributed by atoms with Crippen LogP contribution >= 0.6 is 0 Å².